The van der Waals surface area contributed by atoms with Gasteiger partial charge in [-0.15, -0.1) is 24.0 Å². The van der Waals surface area contributed by atoms with Crippen LogP contribution in [-0.2, 0) is 11.3 Å². The molecule has 2 aromatic carbocycles. The van der Waals surface area contributed by atoms with Crippen molar-refractivity contribution in [2.45, 2.75) is 25.5 Å². The van der Waals surface area contributed by atoms with E-state index in [9.17, 15) is 0 Å². The molecule has 1 saturated heterocycles. The maximum absolute atomic E-state index is 5.77. The fraction of sp³-hybridized carbons (Fsp3) is 0.458. The van der Waals surface area contributed by atoms with Gasteiger partial charge in [0.05, 0.1) is 26.5 Å². The van der Waals surface area contributed by atoms with Crippen LogP contribution in [0.4, 0.5) is 5.69 Å². The van der Waals surface area contributed by atoms with Gasteiger partial charge in [-0.2, -0.15) is 0 Å². The van der Waals surface area contributed by atoms with Crippen molar-refractivity contribution in [3.05, 3.63) is 54.1 Å². The van der Waals surface area contributed by atoms with Gasteiger partial charge in [-0.3, -0.25) is 4.99 Å². The summed E-state index contributed by atoms with van der Waals surface area (Å²) in [4.78, 5) is 6.72. The molecule has 1 aliphatic rings. The number of para-hydroxylation sites is 2. The molecule has 0 saturated carbocycles. The number of guanidine groups is 1. The normalized spacial score (nSPS) is 15.8. The highest BCUT2D eigenvalue weighted by molar-refractivity contribution is 14.0. The molecule has 32 heavy (non-hydrogen) atoms. The van der Waals surface area contributed by atoms with Crippen molar-refractivity contribution < 1.29 is 14.2 Å². The largest absolute Gasteiger partial charge is 0.497 e. The standard InChI is InChI=1S/C24H34N4O3.HI/c1-25-24(26-14-6-16-31-18-19-9-11-21(29-2)12-10-19)27-20-13-15-28(17-20)22-7-4-5-8-23(22)30-3;/h4-5,7-12,20H,6,13-18H2,1-3H3,(H2,25,26,27);1H. The third-order valence-corrected chi connectivity index (χ3v) is 5.36. The molecule has 1 unspecified atom stereocenters. The van der Waals surface area contributed by atoms with Crippen molar-refractivity contribution in [3.8, 4) is 11.5 Å². The van der Waals surface area contributed by atoms with Gasteiger partial charge in [0.15, 0.2) is 5.96 Å². The fourth-order valence-corrected chi connectivity index (χ4v) is 3.67. The van der Waals surface area contributed by atoms with Crippen molar-refractivity contribution in [3.63, 3.8) is 0 Å². The van der Waals surface area contributed by atoms with Crippen molar-refractivity contribution in [2.24, 2.45) is 4.99 Å². The zero-order valence-corrected chi connectivity index (χ0v) is 21.5. The van der Waals surface area contributed by atoms with E-state index >= 15 is 0 Å². The van der Waals surface area contributed by atoms with Gasteiger partial charge < -0.3 is 29.7 Å². The summed E-state index contributed by atoms with van der Waals surface area (Å²) in [5.74, 6) is 2.61. The minimum atomic E-state index is 0. The Morgan fingerprint density at radius 1 is 1.09 bits per heavy atom. The SMILES string of the molecule is CN=C(NCCCOCc1ccc(OC)cc1)NC1CCN(c2ccccc2OC)C1.I. The highest BCUT2D eigenvalue weighted by Gasteiger charge is 2.25. The summed E-state index contributed by atoms with van der Waals surface area (Å²) in [5, 5.41) is 6.92. The van der Waals surface area contributed by atoms with Crippen LogP contribution in [-0.4, -0.2) is 59.5 Å². The van der Waals surface area contributed by atoms with Crippen molar-refractivity contribution >= 4 is 35.6 Å². The molecule has 2 N–H and O–H groups in total. The van der Waals surface area contributed by atoms with Crippen LogP contribution in [0.5, 0.6) is 11.5 Å². The Labute approximate surface area is 208 Å². The highest BCUT2D eigenvalue weighted by Crippen LogP contribution is 2.30. The molecule has 0 radical (unpaired) electrons. The number of ether oxygens (including phenoxy) is 3. The van der Waals surface area contributed by atoms with E-state index in [1.165, 1.54) is 0 Å². The minimum Gasteiger partial charge on any atom is -0.497 e. The van der Waals surface area contributed by atoms with E-state index in [1.807, 2.05) is 43.4 Å². The molecule has 1 aliphatic heterocycles. The maximum Gasteiger partial charge on any atom is 0.191 e. The maximum atomic E-state index is 5.77. The summed E-state index contributed by atoms with van der Waals surface area (Å²) >= 11 is 0. The molecule has 0 bridgehead atoms. The average Bonchev–Trinajstić information content (AvgIpc) is 3.29. The zero-order chi connectivity index (χ0) is 21.9. The summed E-state index contributed by atoms with van der Waals surface area (Å²) in [6.07, 6.45) is 1.97. The molecule has 1 fully saturated rings. The molecule has 0 aromatic heterocycles. The molecule has 1 atom stereocenters. The summed E-state index contributed by atoms with van der Waals surface area (Å²) in [6, 6.07) is 16.5. The number of aliphatic imine (C=N–C) groups is 1. The number of hydrogen-bond donors (Lipinski definition) is 2. The first-order valence-electron chi connectivity index (χ1n) is 10.8. The Morgan fingerprint density at radius 3 is 2.59 bits per heavy atom. The van der Waals surface area contributed by atoms with Crippen LogP contribution in [0.1, 0.15) is 18.4 Å². The summed E-state index contributed by atoms with van der Waals surface area (Å²) in [5.41, 5.74) is 2.29. The lowest BCUT2D eigenvalue weighted by atomic mass is 10.2. The Kier molecular flexibility index (Phi) is 11.4. The van der Waals surface area contributed by atoms with Gasteiger partial charge in [-0.1, -0.05) is 24.3 Å². The Balaban J connectivity index is 0.00000363. The quantitative estimate of drug-likeness (QED) is 0.202. The highest BCUT2D eigenvalue weighted by atomic mass is 127. The van der Waals surface area contributed by atoms with Gasteiger partial charge >= 0.3 is 0 Å². The van der Waals surface area contributed by atoms with E-state index < -0.39 is 0 Å². The van der Waals surface area contributed by atoms with Crippen LogP contribution in [0.3, 0.4) is 0 Å². The first kappa shape index (κ1) is 26.1. The van der Waals surface area contributed by atoms with Crippen LogP contribution >= 0.6 is 24.0 Å². The Hall–Kier alpha value is -2.20. The topological polar surface area (TPSA) is 67.4 Å². The number of halogens is 1. The van der Waals surface area contributed by atoms with Gasteiger partial charge in [0.2, 0.25) is 0 Å². The van der Waals surface area contributed by atoms with Crippen LogP contribution in [0, 0.1) is 0 Å². The van der Waals surface area contributed by atoms with Crippen LogP contribution in [0.15, 0.2) is 53.5 Å². The minimum absolute atomic E-state index is 0. The number of methoxy groups -OCH3 is 2. The van der Waals surface area contributed by atoms with Crippen molar-refractivity contribution in [2.75, 3.05) is 52.4 Å². The van der Waals surface area contributed by atoms with E-state index in [4.69, 9.17) is 14.2 Å². The van der Waals surface area contributed by atoms with Gasteiger partial charge in [0, 0.05) is 39.3 Å². The van der Waals surface area contributed by atoms with Gasteiger partial charge in [0.25, 0.3) is 0 Å². The van der Waals surface area contributed by atoms with E-state index in [2.05, 4.69) is 32.7 Å². The van der Waals surface area contributed by atoms with Gasteiger partial charge in [0.1, 0.15) is 11.5 Å². The molecular weight excluding hydrogens is 519 g/mol. The second kappa shape index (κ2) is 14.1. The molecule has 2 aromatic rings. The van der Waals surface area contributed by atoms with E-state index in [0.717, 1.165) is 61.2 Å². The molecule has 7 nitrogen and oxygen atoms in total. The summed E-state index contributed by atoms with van der Waals surface area (Å²) < 4.78 is 16.4. The summed E-state index contributed by atoms with van der Waals surface area (Å²) in [7, 11) is 5.20. The van der Waals surface area contributed by atoms with Crippen LogP contribution in [0.2, 0.25) is 0 Å². The van der Waals surface area contributed by atoms with E-state index in [1.54, 1.807) is 14.2 Å². The molecule has 0 aliphatic carbocycles. The van der Waals surface area contributed by atoms with Gasteiger partial charge in [-0.25, -0.2) is 0 Å². The first-order chi connectivity index (χ1) is 15.2. The van der Waals surface area contributed by atoms with E-state index in [0.29, 0.717) is 19.3 Å². The number of rotatable bonds is 10. The lowest BCUT2D eigenvalue weighted by Crippen LogP contribution is -2.45. The van der Waals surface area contributed by atoms with Crippen molar-refractivity contribution in [1.82, 2.24) is 10.6 Å². The predicted molar refractivity (Wildman–Crippen MR) is 141 cm³/mol. The second-order valence-electron chi connectivity index (χ2n) is 7.50. The Bertz CT molecular complexity index is 832. The zero-order valence-electron chi connectivity index (χ0n) is 19.2. The molecule has 3 rings (SSSR count). The smallest absolute Gasteiger partial charge is 0.191 e. The second-order valence-corrected chi connectivity index (χ2v) is 7.50. The molecule has 0 amide bonds. The number of anilines is 1. The van der Waals surface area contributed by atoms with Gasteiger partial charge in [-0.05, 0) is 42.7 Å². The van der Waals surface area contributed by atoms with E-state index in [-0.39, 0.29) is 24.0 Å². The first-order valence-corrected chi connectivity index (χ1v) is 10.8. The van der Waals surface area contributed by atoms with Crippen LogP contribution in [0.25, 0.3) is 0 Å². The monoisotopic (exact) mass is 554 g/mol. The number of nitrogens with zero attached hydrogens (tertiary/aromatic N) is 2. The molecule has 1 heterocycles. The number of benzene rings is 2. The average molecular weight is 554 g/mol. The third kappa shape index (κ3) is 7.74. The number of hydrogen-bond acceptors (Lipinski definition) is 5. The third-order valence-electron chi connectivity index (χ3n) is 5.36. The molecule has 8 heteroatoms. The van der Waals surface area contributed by atoms with Crippen LogP contribution < -0.4 is 25.0 Å². The molecule has 176 valence electrons. The Morgan fingerprint density at radius 2 is 1.88 bits per heavy atom. The predicted octanol–water partition coefficient (Wildman–Crippen LogP) is 3.67. The summed E-state index contributed by atoms with van der Waals surface area (Å²) in [6.45, 7) is 4.03. The lowest BCUT2D eigenvalue weighted by molar-refractivity contribution is 0.119. The fourth-order valence-electron chi connectivity index (χ4n) is 3.67. The lowest BCUT2D eigenvalue weighted by Gasteiger charge is -2.22. The number of nitrogens with one attached hydrogen (secondary N) is 2. The van der Waals surface area contributed by atoms with Crippen molar-refractivity contribution in [1.29, 1.82) is 0 Å². The molecule has 0 spiro atoms. The molecular formula is C24H35IN4O3.